The number of oxime groups is 1. The van der Waals surface area contributed by atoms with Crippen LogP contribution in [0.4, 0.5) is 0 Å². The number of furan rings is 1. The zero-order valence-corrected chi connectivity index (χ0v) is 16.1. The molecule has 0 spiro atoms. The number of fused-ring (bicyclic) bond motifs is 1. The largest absolute Gasteiger partial charge is 0.508 e. The minimum atomic E-state index is 0.0604. The molecule has 3 aromatic carbocycles. The Hall–Kier alpha value is -3.73. The molecule has 0 unspecified atom stereocenters. The number of hydrogen-bond acceptors (Lipinski definition) is 4. The first kappa shape index (κ1) is 18.6. The van der Waals surface area contributed by atoms with Gasteiger partial charge in [-0.3, -0.25) is 0 Å². The Morgan fingerprint density at radius 2 is 1.76 bits per heavy atom. The fraction of sp³-hybridized carbons (Fsp3) is 0.125. The highest BCUT2D eigenvalue weighted by Gasteiger charge is 2.18. The van der Waals surface area contributed by atoms with E-state index in [1.807, 2.05) is 42.5 Å². The average molecular weight is 386 g/mol. The fourth-order valence-corrected chi connectivity index (χ4v) is 3.69. The van der Waals surface area contributed by atoms with Crippen molar-refractivity contribution in [1.82, 2.24) is 0 Å². The molecular formula is C24H22N2O3. The predicted octanol–water partition coefficient (Wildman–Crippen LogP) is 5.52. The third-order valence-corrected chi connectivity index (χ3v) is 5.04. The van der Waals surface area contributed by atoms with Gasteiger partial charge in [0, 0.05) is 16.5 Å². The zero-order chi connectivity index (χ0) is 20.4. The van der Waals surface area contributed by atoms with Gasteiger partial charge in [0.2, 0.25) is 0 Å². The summed E-state index contributed by atoms with van der Waals surface area (Å²) in [5.74, 6) is 0.266. The van der Waals surface area contributed by atoms with Crippen molar-refractivity contribution in [1.29, 1.82) is 0 Å². The molecule has 0 aliphatic heterocycles. The second kappa shape index (κ2) is 7.72. The number of rotatable bonds is 5. The molecule has 0 radical (unpaired) electrons. The number of aryl methyl sites for hydroxylation is 1. The molecule has 0 fully saturated rings. The highest BCUT2D eigenvalue weighted by Crippen LogP contribution is 2.38. The van der Waals surface area contributed by atoms with Gasteiger partial charge < -0.3 is 20.5 Å². The van der Waals surface area contributed by atoms with Crippen LogP contribution in [0, 0.1) is 0 Å². The molecule has 0 aliphatic rings. The van der Waals surface area contributed by atoms with Crippen LogP contribution in [-0.2, 0) is 6.42 Å². The fourth-order valence-electron chi connectivity index (χ4n) is 3.69. The van der Waals surface area contributed by atoms with Crippen molar-refractivity contribution in [2.75, 3.05) is 0 Å². The van der Waals surface area contributed by atoms with E-state index in [2.05, 4.69) is 18.1 Å². The van der Waals surface area contributed by atoms with E-state index < -0.39 is 0 Å². The van der Waals surface area contributed by atoms with Gasteiger partial charge >= 0.3 is 0 Å². The van der Waals surface area contributed by atoms with Crippen molar-refractivity contribution < 1.29 is 14.7 Å². The van der Waals surface area contributed by atoms with Crippen molar-refractivity contribution in [2.24, 2.45) is 10.9 Å². The lowest BCUT2D eigenvalue weighted by molar-refractivity contribution is 0.318. The lowest BCUT2D eigenvalue weighted by atomic mass is 9.87. The minimum absolute atomic E-state index is 0.0604. The van der Waals surface area contributed by atoms with Gasteiger partial charge in [0.1, 0.15) is 11.3 Å². The van der Waals surface area contributed by atoms with Gasteiger partial charge in [-0.15, -0.1) is 0 Å². The summed E-state index contributed by atoms with van der Waals surface area (Å²) in [6.45, 7) is 2.12. The normalized spacial score (nSPS) is 11.8. The molecule has 1 heterocycles. The first-order valence-electron chi connectivity index (χ1n) is 9.52. The van der Waals surface area contributed by atoms with Gasteiger partial charge in [-0.2, -0.15) is 0 Å². The molecular weight excluding hydrogens is 364 g/mol. The van der Waals surface area contributed by atoms with Gasteiger partial charge in [0.05, 0.1) is 6.26 Å². The smallest absolute Gasteiger partial charge is 0.170 e. The van der Waals surface area contributed by atoms with Crippen LogP contribution in [0.15, 0.2) is 76.5 Å². The second-order valence-corrected chi connectivity index (χ2v) is 7.02. The number of benzene rings is 3. The van der Waals surface area contributed by atoms with E-state index in [1.165, 1.54) is 0 Å². The van der Waals surface area contributed by atoms with Crippen LogP contribution in [0.1, 0.15) is 24.5 Å². The van der Waals surface area contributed by atoms with Crippen LogP contribution in [0.5, 0.6) is 5.75 Å². The molecule has 146 valence electrons. The van der Waals surface area contributed by atoms with Gasteiger partial charge in [-0.1, -0.05) is 42.8 Å². The van der Waals surface area contributed by atoms with Crippen LogP contribution in [0.3, 0.4) is 0 Å². The molecule has 4 rings (SSSR count). The molecule has 0 saturated heterocycles. The summed E-state index contributed by atoms with van der Waals surface area (Å²) in [5, 5.41) is 23.4. The quantitative estimate of drug-likeness (QED) is 0.182. The summed E-state index contributed by atoms with van der Waals surface area (Å²) >= 11 is 0. The lowest BCUT2D eigenvalue weighted by Crippen LogP contribution is -2.15. The molecule has 5 heteroatoms. The molecule has 5 nitrogen and oxygen atoms in total. The van der Waals surface area contributed by atoms with Crippen molar-refractivity contribution in [3.05, 3.63) is 78.1 Å². The third kappa shape index (κ3) is 3.55. The minimum Gasteiger partial charge on any atom is -0.508 e. The second-order valence-electron chi connectivity index (χ2n) is 7.02. The topological polar surface area (TPSA) is 92.0 Å². The molecule has 0 atom stereocenters. The molecule has 0 aliphatic carbocycles. The van der Waals surface area contributed by atoms with Gasteiger partial charge in [-0.05, 0) is 65.1 Å². The monoisotopic (exact) mass is 386 g/mol. The number of phenols is 1. The zero-order valence-electron chi connectivity index (χ0n) is 16.1. The molecule has 4 N–H and O–H groups in total. The van der Waals surface area contributed by atoms with Crippen LogP contribution >= 0.6 is 0 Å². The average Bonchev–Trinajstić information content (AvgIpc) is 3.21. The van der Waals surface area contributed by atoms with E-state index in [-0.39, 0.29) is 11.6 Å². The molecule has 1 aromatic heterocycles. The number of nitrogens with two attached hydrogens (primary N) is 1. The van der Waals surface area contributed by atoms with Crippen molar-refractivity contribution >= 4 is 16.8 Å². The van der Waals surface area contributed by atoms with Gasteiger partial charge in [0.25, 0.3) is 0 Å². The van der Waals surface area contributed by atoms with E-state index in [9.17, 15) is 10.3 Å². The SMILES string of the molecule is CCCc1cc(/C(N)=N/O)c(-c2ccc3occc3c2)c(-c2ccc(O)cc2)c1. The Bertz CT molecular complexity index is 1190. The number of phenolic OH excluding ortho intramolecular Hbond substituents is 1. The van der Waals surface area contributed by atoms with Crippen molar-refractivity contribution in [2.45, 2.75) is 19.8 Å². The van der Waals surface area contributed by atoms with Crippen molar-refractivity contribution in [3.63, 3.8) is 0 Å². The summed E-state index contributed by atoms with van der Waals surface area (Å²) in [6.07, 6.45) is 3.51. The molecule has 4 aromatic rings. The molecule has 0 saturated carbocycles. The van der Waals surface area contributed by atoms with E-state index in [0.717, 1.165) is 51.6 Å². The first-order chi connectivity index (χ1) is 14.1. The summed E-state index contributed by atoms with van der Waals surface area (Å²) in [4.78, 5) is 0. The van der Waals surface area contributed by atoms with E-state index in [1.54, 1.807) is 18.4 Å². The molecule has 0 bridgehead atoms. The molecule has 29 heavy (non-hydrogen) atoms. The van der Waals surface area contributed by atoms with Crippen LogP contribution < -0.4 is 5.73 Å². The lowest BCUT2D eigenvalue weighted by Gasteiger charge is -2.18. The van der Waals surface area contributed by atoms with E-state index in [0.29, 0.717) is 5.56 Å². The highest BCUT2D eigenvalue weighted by atomic mass is 16.4. The summed E-state index contributed by atoms with van der Waals surface area (Å²) < 4.78 is 5.47. The maximum atomic E-state index is 9.72. The van der Waals surface area contributed by atoms with Gasteiger partial charge in [0.15, 0.2) is 5.84 Å². The van der Waals surface area contributed by atoms with E-state index in [4.69, 9.17) is 10.2 Å². The number of amidine groups is 1. The Morgan fingerprint density at radius 1 is 1.00 bits per heavy atom. The third-order valence-electron chi connectivity index (χ3n) is 5.04. The summed E-state index contributed by atoms with van der Waals surface area (Å²) in [6, 6.07) is 19.0. The van der Waals surface area contributed by atoms with Crippen LogP contribution in [0.25, 0.3) is 33.2 Å². The highest BCUT2D eigenvalue weighted by molar-refractivity contribution is 6.07. The van der Waals surface area contributed by atoms with Crippen LogP contribution in [0.2, 0.25) is 0 Å². The standard InChI is InChI=1S/C24H22N2O3/c1-2-3-15-12-20(16-4-7-19(27)8-5-16)23(21(13-15)24(25)26-28)18-6-9-22-17(14-18)10-11-29-22/h4-14,27-28H,2-3H2,1H3,(H2,25,26). The first-order valence-corrected chi connectivity index (χ1v) is 9.52. The maximum Gasteiger partial charge on any atom is 0.170 e. The Kier molecular flexibility index (Phi) is 4.96. The van der Waals surface area contributed by atoms with Crippen molar-refractivity contribution in [3.8, 4) is 28.0 Å². The Labute approximate surface area is 168 Å². The Balaban J connectivity index is 2.05. The number of hydrogen-bond donors (Lipinski definition) is 3. The summed E-state index contributed by atoms with van der Waals surface area (Å²) in [5.41, 5.74) is 12.4. The molecule has 0 amide bonds. The van der Waals surface area contributed by atoms with Gasteiger partial charge in [-0.25, -0.2) is 0 Å². The Morgan fingerprint density at radius 3 is 2.48 bits per heavy atom. The van der Waals surface area contributed by atoms with E-state index >= 15 is 0 Å². The summed E-state index contributed by atoms with van der Waals surface area (Å²) in [7, 11) is 0. The van der Waals surface area contributed by atoms with Crippen LogP contribution in [-0.4, -0.2) is 16.1 Å². The number of nitrogens with zero attached hydrogens (tertiary/aromatic N) is 1. The predicted molar refractivity (Wildman–Crippen MR) is 115 cm³/mol. The number of aromatic hydroxyl groups is 1. The maximum absolute atomic E-state index is 9.72.